The number of aliphatic hydroxyl groups is 1. The van der Waals surface area contributed by atoms with Crippen molar-refractivity contribution in [3.8, 4) is 0 Å². The molecule has 0 saturated carbocycles. The summed E-state index contributed by atoms with van der Waals surface area (Å²) in [5, 5.41) is 14.4. The number of aromatic nitrogens is 1. The van der Waals surface area contributed by atoms with E-state index in [2.05, 4.69) is 60.0 Å². The van der Waals surface area contributed by atoms with Crippen LogP contribution in [0.5, 0.6) is 0 Å². The highest BCUT2D eigenvalue weighted by atomic mass is 16.3. The largest absolute Gasteiger partial charge is 0.380 e. The zero-order valence-electron chi connectivity index (χ0n) is 19.1. The maximum atomic E-state index is 11.9. The van der Waals surface area contributed by atoms with Crippen molar-refractivity contribution in [3.05, 3.63) is 120 Å². The van der Waals surface area contributed by atoms with Gasteiger partial charge in [-0.2, -0.15) is 0 Å². The average Bonchev–Trinajstić information content (AvgIpc) is 3.40. The molecule has 0 fully saturated rings. The molecule has 166 valence electrons. The van der Waals surface area contributed by atoms with Crippen LogP contribution in [0.2, 0.25) is 0 Å². The monoisotopic (exact) mass is 442 g/mol. The van der Waals surface area contributed by atoms with Crippen molar-refractivity contribution in [2.45, 2.75) is 25.5 Å². The number of para-hydroxylation sites is 1. The molecule has 1 aliphatic carbocycles. The lowest BCUT2D eigenvalue weighted by molar-refractivity contribution is 0.113. The Morgan fingerprint density at radius 2 is 1.47 bits per heavy atom. The zero-order valence-corrected chi connectivity index (χ0v) is 19.1. The smallest absolute Gasteiger partial charge is 0.121 e. The van der Waals surface area contributed by atoms with Crippen molar-refractivity contribution < 1.29 is 5.11 Å². The maximum absolute atomic E-state index is 11.9. The van der Waals surface area contributed by atoms with Gasteiger partial charge in [-0.15, -0.1) is 0 Å². The fraction of sp³-hybridized carbons (Fsp3) is 0.129. The van der Waals surface area contributed by atoms with Crippen molar-refractivity contribution in [1.29, 1.82) is 0 Å². The third-order valence-electron chi connectivity index (χ3n) is 6.87. The minimum Gasteiger partial charge on any atom is -0.380 e. The quantitative estimate of drug-likeness (QED) is 0.312. The molecule has 0 spiro atoms. The molecule has 0 saturated heterocycles. The Balaban J connectivity index is 1.48. The molecular weight excluding hydrogens is 416 g/mol. The number of fused-ring (bicyclic) bond motifs is 3. The summed E-state index contributed by atoms with van der Waals surface area (Å²) in [4.78, 5) is 5.02. The van der Waals surface area contributed by atoms with Crippen LogP contribution in [-0.4, -0.2) is 15.4 Å². The van der Waals surface area contributed by atoms with Gasteiger partial charge in [-0.1, -0.05) is 78.9 Å². The molecule has 1 N–H and O–H groups in total. The van der Waals surface area contributed by atoms with E-state index in [4.69, 9.17) is 4.99 Å². The van der Waals surface area contributed by atoms with Gasteiger partial charge in [0.1, 0.15) is 5.60 Å². The molecule has 3 nitrogen and oxygen atoms in total. The second-order valence-corrected chi connectivity index (χ2v) is 8.89. The van der Waals surface area contributed by atoms with Gasteiger partial charge < -0.3 is 9.67 Å². The molecule has 5 aromatic rings. The Bertz CT molecular complexity index is 1560. The van der Waals surface area contributed by atoms with Crippen LogP contribution in [0.3, 0.4) is 0 Å². The van der Waals surface area contributed by atoms with E-state index in [1.54, 1.807) is 0 Å². The van der Waals surface area contributed by atoms with Gasteiger partial charge in [0.05, 0.1) is 5.69 Å². The molecule has 0 bridgehead atoms. The highest BCUT2D eigenvalue weighted by Gasteiger charge is 2.40. The van der Waals surface area contributed by atoms with E-state index in [1.165, 1.54) is 21.8 Å². The summed E-state index contributed by atoms with van der Waals surface area (Å²) < 4.78 is 2.35. The maximum Gasteiger partial charge on any atom is 0.121 e. The summed E-state index contributed by atoms with van der Waals surface area (Å²) in [5.41, 5.74) is 5.94. The van der Waals surface area contributed by atoms with Crippen LogP contribution in [0.25, 0.3) is 27.4 Å². The third-order valence-corrected chi connectivity index (χ3v) is 6.87. The molecule has 1 heterocycles. The molecule has 1 aliphatic rings. The first-order chi connectivity index (χ1) is 16.7. The van der Waals surface area contributed by atoms with Crippen molar-refractivity contribution in [2.75, 3.05) is 0 Å². The predicted molar refractivity (Wildman–Crippen MR) is 142 cm³/mol. The van der Waals surface area contributed by atoms with Gasteiger partial charge in [0.15, 0.2) is 0 Å². The molecule has 34 heavy (non-hydrogen) atoms. The summed E-state index contributed by atoms with van der Waals surface area (Å²) >= 11 is 0. The van der Waals surface area contributed by atoms with E-state index in [-0.39, 0.29) is 0 Å². The van der Waals surface area contributed by atoms with Crippen LogP contribution >= 0.6 is 0 Å². The number of rotatable bonds is 4. The van der Waals surface area contributed by atoms with Crippen molar-refractivity contribution in [1.82, 2.24) is 4.57 Å². The predicted octanol–water partition coefficient (Wildman–Crippen LogP) is 7.26. The molecule has 0 amide bonds. The molecule has 0 radical (unpaired) electrons. The van der Waals surface area contributed by atoms with Gasteiger partial charge in [0.2, 0.25) is 0 Å². The summed E-state index contributed by atoms with van der Waals surface area (Å²) in [7, 11) is 0. The highest BCUT2D eigenvalue weighted by molar-refractivity contribution is 6.11. The molecule has 0 aliphatic heterocycles. The normalized spacial score (nSPS) is 19.2. The van der Waals surface area contributed by atoms with E-state index in [0.29, 0.717) is 6.42 Å². The van der Waals surface area contributed by atoms with Crippen LogP contribution in [0.15, 0.2) is 114 Å². The van der Waals surface area contributed by atoms with E-state index in [9.17, 15) is 5.11 Å². The third kappa shape index (κ3) is 3.28. The van der Waals surface area contributed by atoms with Gasteiger partial charge in [-0.3, -0.25) is 4.99 Å². The minimum atomic E-state index is -1.11. The van der Waals surface area contributed by atoms with Gasteiger partial charge in [0.25, 0.3) is 0 Å². The highest BCUT2D eigenvalue weighted by Crippen LogP contribution is 2.44. The van der Waals surface area contributed by atoms with E-state index in [1.807, 2.05) is 60.7 Å². The number of allylic oxidation sites excluding steroid dienone is 1. The zero-order chi connectivity index (χ0) is 23.1. The molecular formula is C31H26N2O. The van der Waals surface area contributed by atoms with Crippen LogP contribution in [0.1, 0.15) is 24.5 Å². The van der Waals surface area contributed by atoms with Crippen molar-refractivity contribution in [2.24, 2.45) is 4.99 Å². The number of aliphatic imine (C=N–C) groups is 1. The van der Waals surface area contributed by atoms with Gasteiger partial charge in [0, 0.05) is 40.5 Å². The van der Waals surface area contributed by atoms with E-state index in [0.717, 1.165) is 34.6 Å². The van der Waals surface area contributed by atoms with Gasteiger partial charge in [-0.05, 0) is 54.0 Å². The fourth-order valence-corrected chi connectivity index (χ4v) is 5.30. The summed E-state index contributed by atoms with van der Waals surface area (Å²) in [6.45, 7) is 3.10. The van der Waals surface area contributed by atoms with Gasteiger partial charge >= 0.3 is 0 Å². The Morgan fingerprint density at radius 1 is 0.794 bits per heavy atom. The molecule has 4 aromatic carbocycles. The van der Waals surface area contributed by atoms with Crippen LogP contribution in [-0.2, 0) is 12.1 Å². The Morgan fingerprint density at radius 3 is 2.24 bits per heavy atom. The molecule has 1 atom stereocenters. The Labute approximate surface area is 199 Å². The number of aryl methyl sites for hydroxylation is 1. The summed E-state index contributed by atoms with van der Waals surface area (Å²) in [6.07, 6.45) is 2.50. The average molecular weight is 443 g/mol. The molecule has 0 unspecified atom stereocenters. The Kier molecular flexibility index (Phi) is 4.93. The minimum absolute atomic E-state index is 0.440. The lowest BCUT2D eigenvalue weighted by Crippen LogP contribution is -2.25. The Hall–Kier alpha value is -3.95. The first kappa shape index (κ1) is 20.6. The van der Waals surface area contributed by atoms with Crippen LogP contribution in [0, 0.1) is 0 Å². The summed E-state index contributed by atoms with van der Waals surface area (Å²) in [6, 6.07) is 35.0. The lowest BCUT2D eigenvalue weighted by Gasteiger charge is -2.27. The topological polar surface area (TPSA) is 37.5 Å². The summed E-state index contributed by atoms with van der Waals surface area (Å²) in [5.74, 6) is 0. The van der Waals surface area contributed by atoms with Crippen molar-refractivity contribution >= 4 is 38.8 Å². The standard InChI is InChI=1S/C31H26N2O/c1-2-33-29-16-10-9-15-26(29)27-19-24(17-18-30(27)33)32-25-20-28(22-11-5-3-6-12-22)31(34,21-25)23-13-7-4-8-14-23/h3-20,34H,2,21H2,1H3/t31-/m1/s1. The van der Waals surface area contributed by atoms with E-state index >= 15 is 0 Å². The van der Waals surface area contributed by atoms with Crippen LogP contribution in [0.4, 0.5) is 5.69 Å². The number of benzene rings is 4. The molecule has 3 heteroatoms. The van der Waals surface area contributed by atoms with Crippen molar-refractivity contribution in [3.63, 3.8) is 0 Å². The number of hydrogen-bond donors (Lipinski definition) is 1. The second kappa shape index (κ2) is 8.12. The van der Waals surface area contributed by atoms with E-state index < -0.39 is 5.60 Å². The first-order valence-electron chi connectivity index (χ1n) is 11.8. The second-order valence-electron chi connectivity index (χ2n) is 8.89. The van der Waals surface area contributed by atoms with Gasteiger partial charge in [-0.25, -0.2) is 0 Å². The number of hydrogen-bond acceptors (Lipinski definition) is 2. The lowest BCUT2D eigenvalue weighted by atomic mass is 9.84. The molecule has 6 rings (SSSR count). The fourth-order valence-electron chi connectivity index (χ4n) is 5.30. The number of nitrogens with zero attached hydrogens (tertiary/aromatic N) is 2. The SMILES string of the molecule is CCn1c2ccccc2c2cc(N=C3C=C(c4ccccc4)[C@](O)(c4ccccc4)C3)ccc21. The first-order valence-corrected chi connectivity index (χ1v) is 11.8. The van der Waals surface area contributed by atoms with Crippen LogP contribution < -0.4 is 0 Å². The molecule has 1 aromatic heterocycles.